The fourth-order valence-corrected chi connectivity index (χ4v) is 2.21. The summed E-state index contributed by atoms with van der Waals surface area (Å²) in [5.41, 5.74) is 2.95. The van der Waals surface area contributed by atoms with E-state index in [1.54, 1.807) is 12.4 Å². The Kier molecular flexibility index (Phi) is 3.36. The molecule has 1 fully saturated rings. The maximum atomic E-state index is 4.61. The van der Waals surface area contributed by atoms with Crippen molar-refractivity contribution in [3.8, 4) is 5.82 Å². The summed E-state index contributed by atoms with van der Waals surface area (Å²) in [6, 6.07) is 0.674. The monoisotopic (exact) mass is 321 g/mol. The first-order valence-corrected chi connectivity index (χ1v) is 7.21. The number of hydrogen-bond donors (Lipinski definition) is 1. The van der Waals surface area contributed by atoms with Gasteiger partial charge >= 0.3 is 0 Å². The molecule has 2 aromatic rings. The molecule has 0 spiro atoms. The number of nitrogens with zero attached hydrogens (tertiary/aromatic N) is 4. The van der Waals surface area contributed by atoms with Gasteiger partial charge in [0, 0.05) is 18.8 Å². The Morgan fingerprint density at radius 3 is 2.79 bits per heavy atom. The molecule has 6 heteroatoms. The van der Waals surface area contributed by atoms with Crippen molar-refractivity contribution in [1.29, 1.82) is 0 Å². The van der Waals surface area contributed by atoms with E-state index in [4.69, 9.17) is 0 Å². The fraction of sp³-hybridized carbons (Fsp3) is 0.462. The second-order valence-corrected chi connectivity index (χ2v) is 5.71. The van der Waals surface area contributed by atoms with Crippen molar-refractivity contribution in [2.24, 2.45) is 0 Å². The SMILES string of the molecule is Cc1nn(-c2cncc(CNC3CC3)n2)c(C)c1Br. The Bertz CT molecular complexity index is 603. The van der Waals surface area contributed by atoms with Gasteiger partial charge in [-0.1, -0.05) is 0 Å². The second kappa shape index (κ2) is 5.02. The van der Waals surface area contributed by atoms with Gasteiger partial charge in [-0.15, -0.1) is 0 Å². The summed E-state index contributed by atoms with van der Waals surface area (Å²) >= 11 is 3.53. The minimum atomic E-state index is 0.674. The number of aryl methyl sites for hydroxylation is 1. The molecule has 0 aliphatic heterocycles. The molecule has 2 heterocycles. The first-order valence-electron chi connectivity index (χ1n) is 6.41. The number of halogens is 1. The molecule has 1 saturated carbocycles. The quantitative estimate of drug-likeness (QED) is 0.938. The molecule has 5 nitrogen and oxygen atoms in total. The summed E-state index contributed by atoms with van der Waals surface area (Å²) in [4.78, 5) is 8.87. The molecule has 19 heavy (non-hydrogen) atoms. The molecule has 0 aromatic carbocycles. The maximum absolute atomic E-state index is 4.61. The van der Waals surface area contributed by atoms with Gasteiger partial charge in [-0.3, -0.25) is 4.98 Å². The van der Waals surface area contributed by atoms with Crippen LogP contribution in [0.1, 0.15) is 29.9 Å². The van der Waals surface area contributed by atoms with Crippen LogP contribution in [0.5, 0.6) is 0 Å². The van der Waals surface area contributed by atoms with E-state index in [0.29, 0.717) is 6.04 Å². The molecule has 0 radical (unpaired) electrons. The lowest BCUT2D eigenvalue weighted by atomic mass is 10.4. The van der Waals surface area contributed by atoms with Crippen molar-refractivity contribution < 1.29 is 0 Å². The lowest BCUT2D eigenvalue weighted by Crippen LogP contribution is -2.17. The second-order valence-electron chi connectivity index (χ2n) is 4.92. The summed E-state index contributed by atoms with van der Waals surface area (Å²) in [5.74, 6) is 0.765. The molecule has 0 saturated heterocycles. The molecule has 0 bridgehead atoms. The number of rotatable bonds is 4. The van der Waals surface area contributed by atoms with Gasteiger partial charge in [0.05, 0.1) is 27.8 Å². The van der Waals surface area contributed by atoms with Gasteiger partial charge in [0.25, 0.3) is 0 Å². The van der Waals surface area contributed by atoms with Crippen LogP contribution in [0.4, 0.5) is 0 Å². The molecule has 100 valence electrons. The fourth-order valence-electron chi connectivity index (χ4n) is 1.97. The normalized spacial score (nSPS) is 14.9. The first kappa shape index (κ1) is 12.7. The lowest BCUT2D eigenvalue weighted by molar-refractivity contribution is 0.665. The summed E-state index contributed by atoms with van der Waals surface area (Å²) < 4.78 is 2.85. The highest BCUT2D eigenvalue weighted by molar-refractivity contribution is 9.10. The zero-order valence-electron chi connectivity index (χ0n) is 11.0. The number of nitrogens with one attached hydrogen (secondary N) is 1. The van der Waals surface area contributed by atoms with E-state index in [0.717, 1.165) is 33.9 Å². The molecule has 1 aliphatic rings. The van der Waals surface area contributed by atoms with E-state index in [1.807, 2.05) is 18.5 Å². The third-order valence-electron chi connectivity index (χ3n) is 3.24. The topological polar surface area (TPSA) is 55.6 Å². The number of aromatic nitrogens is 4. The Hall–Kier alpha value is -1.27. The summed E-state index contributed by atoms with van der Waals surface area (Å²) in [6.07, 6.45) is 6.10. The van der Waals surface area contributed by atoms with Crippen molar-refractivity contribution in [1.82, 2.24) is 25.1 Å². The Morgan fingerprint density at radius 2 is 2.16 bits per heavy atom. The molecule has 0 amide bonds. The van der Waals surface area contributed by atoms with E-state index < -0.39 is 0 Å². The Balaban J connectivity index is 1.86. The van der Waals surface area contributed by atoms with Crippen molar-refractivity contribution in [2.75, 3.05) is 0 Å². The van der Waals surface area contributed by atoms with Crippen LogP contribution in [-0.4, -0.2) is 25.8 Å². The van der Waals surface area contributed by atoms with Gasteiger partial charge in [-0.05, 0) is 42.6 Å². The highest BCUT2D eigenvalue weighted by Crippen LogP contribution is 2.22. The average Bonchev–Trinajstić information content (AvgIpc) is 3.21. The third kappa shape index (κ3) is 2.69. The van der Waals surface area contributed by atoms with Crippen LogP contribution in [0.25, 0.3) is 5.82 Å². The molecular weight excluding hydrogens is 306 g/mol. The average molecular weight is 322 g/mol. The van der Waals surface area contributed by atoms with E-state index in [1.165, 1.54) is 12.8 Å². The molecule has 2 aromatic heterocycles. The highest BCUT2D eigenvalue weighted by atomic mass is 79.9. The van der Waals surface area contributed by atoms with Gasteiger partial charge in [-0.2, -0.15) is 5.10 Å². The van der Waals surface area contributed by atoms with Crippen LogP contribution in [0, 0.1) is 13.8 Å². The minimum absolute atomic E-state index is 0.674. The zero-order chi connectivity index (χ0) is 13.4. The zero-order valence-corrected chi connectivity index (χ0v) is 12.6. The van der Waals surface area contributed by atoms with Crippen LogP contribution in [0.3, 0.4) is 0 Å². The molecule has 1 aliphatic carbocycles. The molecule has 0 atom stereocenters. The highest BCUT2D eigenvalue weighted by Gasteiger charge is 2.20. The smallest absolute Gasteiger partial charge is 0.172 e. The van der Waals surface area contributed by atoms with Crippen molar-refractivity contribution >= 4 is 15.9 Å². The molecule has 0 unspecified atom stereocenters. The summed E-state index contributed by atoms with van der Waals surface area (Å²) in [7, 11) is 0. The van der Waals surface area contributed by atoms with Gasteiger partial charge in [-0.25, -0.2) is 9.67 Å². The van der Waals surface area contributed by atoms with Crippen molar-refractivity contribution in [3.63, 3.8) is 0 Å². The first-order chi connectivity index (χ1) is 9.15. The predicted molar refractivity (Wildman–Crippen MR) is 76.2 cm³/mol. The molecule has 3 rings (SSSR count). The van der Waals surface area contributed by atoms with Crippen molar-refractivity contribution in [2.45, 2.75) is 39.3 Å². The predicted octanol–water partition coefficient (Wildman–Crippen LogP) is 2.29. The van der Waals surface area contributed by atoms with Crippen LogP contribution in [0.15, 0.2) is 16.9 Å². The van der Waals surface area contributed by atoms with E-state index in [-0.39, 0.29) is 0 Å². The van der Waals surface area contributed by atoms with Crippen LogP contribution >= 0.6 is 15.9 Å². The minimum Gasteiger partial charge on any atom is -0.308 e. The standard InChI is InChI=1S/C13H16BrN5/c1-8-13(14)9(2)19(18-8)12-7-15-5-11(17-12)6-16-10-3-4-10/h5,7,10,16H,3-4,6H2,1-2H3. The van der Waals surface area contributed by atoms with Gasteiger partial charge in [0.15, 0.2) is 5.82 Å². The summed E-state index contributed by atoms with van der Waals surface area (Å²) in [6.45, 7) is 4.76. The third-order valence-corrected chi connectivity index (χ3v) is 4.39. The van der Waals surface area contributed by atoms with Gasteiger partial charge in [0.2, 0.25) is 0 Å². The van der Waals surface area contributed by atoms with Crippen LogP contribution in [0.2, 0.25) is 0 Å². The van der Waals surface area contributed by atoms with E-state index in [2.05, 4.69) is 36.3 Å². The maximum Gasteiger partial charge on any atom is 0.172 e. The molecular formula is C13H16BrN5. The molecule has 1 N–H and O–H groups in total. The van der Waals surface area contributed by atoms with Crippen LogP contribution in [-0.2, 0) is 6.54 Å². The van der Waals surface area contributed by atoms with E-state index in [9.17, 15) is 0 Å². The Morgan fingerprint density at radius 1 is 1.37 bits per heavy atom. The number of hydrogen-bond acceptors (Lipinski definition) is 4. The van der Waals surface area contributed by atoms with Gasteiger partial charge in [0.1, 0.15) is 0 Å². The largest absolute Gasteiger partial charge is 0.308 e. The summed E-state index contributed by atoms with van der Waals surface area (Å²) in [5, 5.41) is 7.92. The lowest BCUT2D eigenvalue weighted by Gasteiger charge is -2.06. The Labute approximate surface area is 120 Å². The van der Waals surface area contributed by atoms with Crippen molar-refractivity contribution in [3.05, 3.63) is 33.9 Å². The van der Waals surface area contributed by atoms with E-state index >= 15 is 0 Å². The van der Waals surface area contributed by atoms with Crippen LogP contribution < -0.4 is 5.32 Å². The van der Waals surface area contributed by atoms with Gasteiger partial charge < -0.3 is 5.32 Å².